The predicted molar refractivity (Wildman–Crippen MR) is 140 cm³/mol. The van der Waals surface area contributed by atoms with Crippen LogP contribution in [0.4, 0.5) is 14.9 Å². The van der Waals surface area contributed by atoms with Gasteiger partial charge in [0.05, 0.1) is 34.0 Å². The van der Waals surface area contributed by atoms with E-state index in [0.717, 1.165) is 35.1 Å². The van der Waals surface area contributed by atoms with E-state index >= 15 is 0 Å². The molecule has 1 aliphatic heterocycles. The average molecular weight is 537 g/mol. The monoisotopic (exact) mass is 536 g/mol. The summed E-state index contributed by atoms with van der Waals surface area (Å²) in [5.74, 6) is -0.591. The van der Waals surface area contributed by atoms with E-state index in [2.05, 4.69) is 28.7 Å². The summed E-state index contributed by atoms with van der Waals surface area (Å²) in [4.78, 5) is 15.9. The number of carbonyl (C=O) groups is 1. The van der Waals surface area contributed by atoms with E-state index in [1.54, 1.807) is 18.5 Å². The van der Waals surface area contributed by atoms with Crippen molar-refractivity contribution in [2.75, 3.05) is 25.1 Å². The number of ether oxygens (including phenoxy) is 1. The number of hydrogen-bond donors (Lipinski definition) is 3. The molecule has 1 aromatic heterocycles. The van der Waals surface area contributed by atoms with Crippen LogP contribution in [-0.2, 0) is 11.3 Å². The number of nitrogens with one attached hydrogen (secondary N) is 1. The van der Waals surface area contributed by atoms with Crippen LogP contribution in [0.15, 0.2) is 36.7 Å². The van der Waals surface area contributed by atoms with Crippen molar-refractivity contribution in [1.29, 1.82) is 0 Å². The van der Waals surface area contributed by atoms with Crippen molar-refractivity contribution in [1.82, 2.24) is 9.55 Å². The highest BCUT2D eigenvalue weighted by Crippen LogP contribution is 2.48. The van der Waals surface area contributed by atoms with Crippen molar-refractivity contribution in [2.45, 2.75) is 45.6 Å². The average Bonchev–Trinajstić information content (AvgIpc) is 3.42. The lowest BCUT2D eigenvalue weighted by molar-refractivity contribution is 0.00916. The quantitative estimate of drug-likeness (QED) is 0.296. The predicted octanol–water partition coefficient (Wildman–Crippen LogP) is 5.96. The number of aromatic nitrogens is 2. The maximum absolute atomic E-state index is 14.1. The summed E-state index contributed by atoms with van der Waals surface area (Å²) < 4.78 is 21.4. The number of imidazole rings is 1. The van der Waals surface area contributed by atoms with Crippen molar-refractivity contribution >= 4 is 46.0 Å². The van der Waals surface area contributed by atoms with E-state index in [1.807, 2.05) is 6.07 Å². The molecule has 2 unspecified atom stereocenters. The van der Waals surface area contributed by atoms with Gasteiger partial charge in [-0.1, -0.05) is 37.0 Å². The van der Waals surface area contributed by atoms with Crippen molar-refractivity contribution in [3.8, 4) is 0 Å². The minimum atomic E-state index is -0.900. The summed E-state index contributed by atoms with van der Waals surface area (Å²) in [7, 11) is 0. The second-order valence-corrected chi connectivity index (χ2v) is 11.2. The minimum absolute atomic E-state index is 0.0529. The fourth-order valence-corrected chi connectivity index (χ4v) is 5.33. The standard InChI is InChI=1S/C26H31Cl2FN4O3/c1-25(2,7-8-33-15-32-22-10-19(27)20(28)11-23(22)33)5-6-26(13-34,14-36-24(30)35)18-12-31-21-4-3-16(29)9-17(18)21/h3-4,9-11,15,18,31,34H,5-8,12-14H2,1-2H3,(H2,30,35). The zero-order valence-corrected chi connectivity index (χ0v) is 21.9. The van der Waals surface area contributed by atoms with Crippen LogP contribution in [0.5, 0.6) is 0 Å². The van der Waals surface area contributed by atoms with Gasteiger partial charge in [-0.05, 0) is 60.6 Å². The number of aliphatic hydroxyl groups is 1. The summed E-state index contributed by atoms with van der Waals surface area (Å²) in [6.07, 6.45) is 2.99. The number of primary amides is 1. The van der Waals surface area contributed by atoms with E-state index in [0.29, 0.717) is 29.6 Å². The lowest BCUT2D eigenvalue weighted by atomic mass is 9.68. The Morgan fingerprint density at radius 2 is 2.00 bits per heavy atom. The van der Waals surface area contributed by atoms with Gasteiger partial charge in [0, 0.05) is 30.1 Å². The molecule has 2 atom stereocenters. The van der Waals surface area contributed by atoms with Gasteiger partial charge in [0.15, 0.2) is 0 Å². The van der Waals surface area contributed by atoms with Crippen LogP contribution in [0.1, 0.15) is 44.6 Å². The minimum Gasteiger partial charge on any atom is -0.449 e. The maximum atomic E-state index is 14.1. The third-order valence-corrected chi connectivity index (χ3v) is 8.16. The van der Waals surface area contributed by atoms with E-state index in [9.17, 15) is 14.3 Å². The molecule has 0 fully saturated rings. The van der Waals surface area contributed by atoms with Gasteiger partial charge < -0.3 is 25.5 Å². The summed E-state index contributed by atoms with van der Waals surface area (Å²) in [6.45, 7) is 5.25. The van der Waals surface area contributed by atoms with Gasteiger partial charge in [0.1, 0.15) is 12.4 Å². The Hall–Kier alpha value is -2.55. The van der Waals surface area contributed by atoms with E-state index < -0.39 is 11.5 Å². The lowest BCUT2D eigenvalue weighted by Crippen LogP contribution is -2.41. The summed E-state index contributed by atoms with van der Waals surface area (Å²) in [5, 5.41) is 14.8. The molecule has 0 aliphatic carbocycles. The second kappa shape index (κ2) is 10.4. The molecule has 10 heteroatoms. The Bertz CT molecular complexity index is 1270. The van der Waals surface area contributed by atoms with Crippen molar-refractivity contribution in [2.24, 2.45) is 16.6 Å². The SMILES string of the molecule is CC(C)(CCn1cnc2cc(Cl)c(Cl)cc21)CCC(CO)(COC(N)=O)C1CNc2ccc(F)cc21. The third-order valence-electron chi connectivity index (χ3n) is 7.43. The smallest absolute Gasteiger partial charge is 0.404 e. The third kappa shape index (κ3) is 5.56. The summed E-state index contributed by atoms with van der Waals surface area (Å²) >= 11 is 12.3. The molecule has 7 nitrogen and oxygen atoms in total. The molecule has 194 valence electrons. The topological polar surface area (TPSA) is 102 Å². The number of anilines is 1. The molecular weight excluding hydrogens is 506 g/mol. The van der Waals surface area contributed by atoms with Crippen LogP contribution in [0.25, 0.3) is 11.0 Å². The molecular formula is C26H31Cl2FN4O3. The molecule has 0 saturated carbocycles. The number of aryl methyl sites for hydroxylation is 1. The van der Waals surface area contributed by atoms with Crippen LogP contribution in [0, 0.1) is 16.6 Å². The van der Waals surface area contributed by atoms with Crippen LogP contribution >= 0.6 is 23.2 Å². The number of halogens is 3. The van der Waals surface area contributed by atoms with Crippen LogP contribution in [0.2, 0.25) is 10.0 Å². The van der Waals surface area contributed by atoms with Gasteiger partial charge in [-0.25, -0.2) is 14.2 Å². The molecule has 4 rings (SSSR count). The Morgan fingerprint density at radius 3 is 2.72 bits per heavy atom. The van der Waals surface area contributed by atoms with Crippen LogP contribution in [-0.4, -0.2) is 40.5 Å². The van der Waals surface area contributed by atoms with Crippen LogP contribution < -0.4 is 11.1 Å². The van der Waals surface area contributed by atoms with Crippen molar-refractivity contribution in [3.63, 3.8) is 0 Å². The molecule has 1 amide bonds. The van der Waals surface area contributed by atoms with Gasteiger partial charge >= 0.3 is 6.09 Å². The van der Waals surface area contributed by atoms with E-state index in [4.69, 9.17) is 33.7 Å². The van der Waals surface area contributed by atoms with E-state index in [1.165, 1.54) is 12.1 Å². The van der Waals surface area contributed by atoms with Crippen molar-refractivity contribution < 1.29 is 19.0 Å². The number of aliphatic hydroxyl groups excluding tert-OH is 1. The first kappa shape index (κ1) is 26.5. The highest BCUT2D eigenvalue weighted by Gasteiger charge is 2.44. The molecule has 0 radical (unpaired) electrons. The molecule has 3 aromatic rings. The number of nitrogens with zero attached hydrogens (tertiary/aromatic N) is 2. The molecule has 1 aliphatic rings. The Labute approximate surface area is 219 Å². The molecule has 4 N–H and O–H groups in total. The largest absolute Gasteiger partial charge is 0.449 e. The first-order chi connectivity index (χ1) is 17.0. The van der Waals surface area contributed by atoms with Gasteiger partial charge in [0.2, 0.25) is 0 Å². The summed E-state index contributed by atoms with van der Waals surface area (Å²) in [6, 6.07) is 8.16. The Balaban J connectivity index is 1.51. The van der Waals surface area contributed by atoms with Gasteiger partial charge in [-0.3, -0.25) is 0 Å². The highest BCUT2D eigenvalue weighted by atomic mass is 35.5. The Kier molecular flexibility index (Phi) is 7.69. The van der Waals surface area contributed by atoms with Gasteiger partial charge in [-0.2, -0.15) is 0 Å². The molecule has 2 heterocycles. The van der Waals surface area contributed by atoms with Crippen LogP contribution in [0.3, 0.4) is 0 Å². The first-order valence-electron chi connectivity index (χ1n) is 11.9. The molecule has 36 heavy (non-hydrogen) atoms. The number of rotatable bonds is 10. The highest BCUT2D eigenvalue weighted by molar-refractivity contribution is 6.42. The summed E-state index contributed by atoms with van der Waals surface area (Å²) in [5.41, 5.74) is 7.62. The molecule has 0 saturated heterocycles. The van der Waals surface area contributed by atoms with E-state index in [-0.39, 0.29) is 30.4 Å². The fourth-order valence-electron chi connectivity index (χ4n) is 5.01. The first-order valence-corrected chi connectivity index (χ1v) is 12.7. The fraction of sp³-hybridized carbons (Fsp3) is 0.462. The molecule has 0 bridgehead atoms. The zero-order valence-electron chi connectivity index (χ0n) is 20.4. The second-order valence-electron chi connectivity index (χ2n) is 10.4. The van der Waals surface area contributed by atoms with Gasteiger partial charge in [0.25, 0.3) is 0 Å². The van der Waals surface area contributed by atoms with Crippen molar-refractivity contribution in [3.05, 3.63) is 58.1 Å². The van der Waals surface area contributed by atoms with Gasteiger partial charge in [-0.15, -0.1) is 0 Å². The number of hydrogen-bond acceptors (Lipinski definition) is 5. The molecule has 0 spiro atoms. The number of nitrogens with two attached hydrogens (primary N) is 1. The number of benzene rings is 2. The molecule has 2 aromatic carbocycles. The normalized spacial score (nSPS) is 17.0. The number of amides is 1. The number of carbonyl (C=O) groups excluding carboxylic acids is 1. The maximum Gasteiger partial charge on any atom is 0.404 e. The Morgan fingerprint density at radius 1 is 1.25 bits per heavy atom. The lowest BCUT2D eigenvalue weighted by Gasteiger charge is -2.39. The number of fused-ring (bicyclic) bond motifs is 2. The zero-order chi connectivity index (χ0) is 26.1.